The van der Waals surface area contributed by atoms with Crippen molar-refractivity contribution in [2.75, 3.05) is 17.8 Å². The molecule has 1 atom stereocenters. The third kappa shape index (κ3) is 5.79. The summed E-state index contributed by atoms with van der Waals surface area (Å²) in [6.07, 6.45) is 2.36. The molecule has 0 saturated carbocycles. The lowest BCUT2D eigenvalue weighted by atomic mass is 10.2. The Kier molecular flexibility index (Phi) is 7.22. The van der Waals surface area contributed by atoms with E-state index < -0.39 is 12.0 Å². The number of hydrogen-bond donors (Lipinski definition) is 2. The van der Waals surface area contributed by atoms with Gasteiger partial charge in [0.15, 0.2) is 0 Å². The van der Waals surface area contributed by atoms with Crippen molar-refractivity contribution in [2.45, 2.75) is 16.7 Å². The Morgan fingerprint density at radius 1 is 1.56 bits per heavy atom. The molecule has 7 heteroatoms. The molecule has 0 aromatic carbocycles. The third-order valence-corrected chi connectivity index (χ3v) is 4.86. The van der Waals surface area contributed by atoms with Crippen molar-refractivity contribution in [1.82, 2.24) is 5.32 Å². The zero-order chi connectivity index (χ0) is 13.4. The van der Waals surface area contributed by atoms with E-state index in [9.17, 15) is 9.59 Å². The molecule has 1 aromatic heterocycles. The molecule has 0 bridgehead atoms. The number of thiophene rings is 1. The second kappa shape index (κ2) is 8.44. The predicted octanol–water partition coefficient (Wildman–Crippen LogP) is 2.16. The first-order valence-corrected chi connectivity index (χ1v) is 8.56. The molecule has 0 aliphatic carbocycles. The van der Waals surface area contributed by atoms with Crippen LogP contribution in [-0.4, -0.2) is 40.8 Å². The van der Waals surface area contributed by atoms with Crippen molar-refractivity contribution in [2.24, 2.45) is 0 Å². The maximum atomic E-state index is 11.6. The Balaban J connectivity index is 2.34. The number of amides is 1. The van der Waals surface area contributed by atoms with E-state index in [1.165, 1.54) is 11.8 Å². The number of carboxylic acids is 1. The molecule has 0 spiro atoms. The normalized spacial score (nSPS) is 12.1. The van der Waals surface area contributed by atoms with E-state index in [4.69, 9.17) is 5.11 Å². The van der Waals surface area contributed by atoms with Gasteiger partial charge in [-0.05, 0) is 29.9 Å². The maximum absolute atomic E-state index is 11.6. The topological polar surface area (TPSA) is 66.4 Å². The minimum absolute atomic E-state index is 0.234. The van der Waals surface area contributed by atoms with Gasteiger partial charge in [0.25, 0.3) is 0 Å². The number of carbonyl (C=O) groups excluding carboxylic acids is 1. The fourth-order valence-electron chi connectivity index (χ4n) is 1.21. The molecule has 1 aromatic rings. The summed E-state index contributed by atoms with van der Waals surface area (Å²) in [7, 11) is 0. The Morgan fingerprint density at radius 3 is 2.89 bits per heavy atom. The highest BCUT2D eigenvalue weighted by atomic mass is 32.2. The molecule has 0 aliphatic heterocycles. The van der Waals surface area contributed by atoms with Crippen molar-refractivity contribution >= 4 is 46.7 Å². The van der Waals surface area contributed by atoms with Gasteiger partial charge >= 0.3 is 5.97 Å². The number of aliphatic carboxylic acids is 1. The standard InChI is InChI=1S/C11H15NO3S3/c1-16-6-4-8(11(14)15)12-9(13)7-18-10-3-2-5-17-10/h2-3,5,8H,4,6-7H2,1H3,(H,12,13)(H,14,15). The largest absolute Gasteiger partial charge is 0.480 e. The fraction of sp³-hybridized carbons (Fsp3) is 0.455. The van der Waals surface area contributed by atoms with Gasteiger partial charge in [0.05, 0.1) is 9.96 Å². The van der Waals surface area contributed by atoms with Crippen LogP contribution in [0.1, 0.15) is 6.42 Å². The molecule has 1 rings (SSSR count). The van der Waals surface area contributed by atoms with E-state index in [0.29, 0.717) is 6.42 Å². The summed E-state index contributed by atoms with van der Waals surface area (Å²) >= 11 is 4.56. The van der Waals surface area contributed by atoms with E-state index in [-0.39, 0.29) is 11.7 Å². The first-order valence-electron chi connectivity index (χ1n) is 5.31. The molecular formula is C11H15NO3S3. The van der Waals surface area contributed by atoms with Crippen LogP contribution in [0.5, 0.6) is 0 Å². The molecule has 0 aliphatic rings. The molecule has 2 N–H and O–H groups in total. The van der Waals surface area contributed by atoms with Gasteiger partial charge in [-0.3, -0.25) is 4.79 Å². The zero-order valence-electron chi connectivity index (χ0n) is 9.92. The molecule has 1 heterocycles. The molecular weight excluding hydrogens is 290 g/mol. The van der Waals surface area contributed by atoms with Crippen LogP contribution in [0.15, 0.2) is 21.7 Å². The average molecular weight is 305 g/mol. The van der Waals surface area contributed by atoms with E-state index in [2.05, 4.69) is 5.32 Å². The second-order valence-corrected chi connectivity index (χ2v) is 6.67. The van der Waals surface area contributed by atoms with Crippen LogP contribution >= 0.6 is 34.9 Å². The van der Waals surface area contributed by atoms with Gasteiger partial charge in [0.1, 0.15) is 6.04 Å². The van der Waals surface area contributed by atoms with Crippen molar-refractivity contribution in [3.63, 3.8) is 0 Å². The lowest BCUT2D eigenvalue weighted by Gasteiger charge is -2.13. The van der Waals surface area contributed by atoms with Crippen LogP contribution in [0.3, 0.4) is 0 Å². The van der Waals surface area contributed by atoms with Crippen LogP contribution in [0.4, 0.5) is 0 Å². The molecule has 1 amide bonds. The van der Waals surface area contributed by atoms with E-state index in [1.54, 1.807) is 23.1 Å². The minimum Gasteiger partial charge on any atom is -0.480 e. The predicted molar refractivity (Wildman–Crippen MR) is 77.6 cm³/mol. The monoisotopic (exact) mass is 305 g/mol. The highest BCUT2D eigenvalue weighted by Crippen LogP contribution is 2.22. The molecule has 4 nitrogen and oxygen atoms in total. The van der Waals surface area contributed by atoms with Crippen LogP contribution in [0, 0.1) is 0 Å². The van der Waals surface area contributed by atoms with Crippen LogP contribution < -0.4 is 5.32 Å². The van der Waals surface area contributed by atoms with Crippen LogP contribution in [0.25, 0.3) is 0 Å². The summed E-state index contributed by atoms with van der Waals surface area (Å²) in [5.41, 5.74) is 0. The number of rotatable bonds is 8. The summed E-state index contributed by atoms with van der Waals surface area (Å²) in [5.74, 6) is -0.237. The van der Waals surface area contributed by atoms with Gasteiger partial charge in [0, 0.05) is 0 Å². The Hall–Kier alpha value is -0.660. The quantitative estimate of drug-likeness (QED) is 0.721. The Bertz CT molecular complexity index is 381. The zero-order valence-corrected chi connectivity index (χ0v) is 12.4. The number of nitrogens with one attached hydrogen (secondary N) is 1. The lowest BCUT2D eigenvalue weighted by molar-refractivity contribution is -0.141. The number of thioether (sulfide) groups is 2. The van der Waals surface area contributed by atoms with Gasteiger partial charge in [0.2, 0.25) is 5.91 Å². The highest BCUT2D eigenvalue weighted by Gasteiger charge is 2.19. The van der Waals surface area contributed by atoms with Gasteiger partial charge in [-0.15, -0.1) is 23.1 Å². The summed E-state index contributed by atoms with van der Waals surface area (Å²) in [4.78, 5) is 22.6. The molecule has 0 saturated heterocycles. The van der Waals surface area contributed by atoms with Gasteiger partial charge in [-0.1, -0.05) is 6.07 Å². The van der Waals surface area contributed by atoms with Crippen molar-refractivity contribution in [3.05, 3.63) is 17.5 Å². The average Bonchev–Trinajstić information content (AvgIpc) is 2.84. The number of carboxylic acid groups (broad SMARTS) is 1. The summed E-state index contributed by atoms with van der Waals surface area (Å²) in [6.45, 7) is 0. The van der Waals surface area contributed by atoms with E-state index >= 15 is 0 Å². The molecule has 0 radical (unpaired) electrons. The van der Waals surface area contributed by atoms with Crippen molar-refractivity contribution in [1.29, 1.82) is 0 Å². The minimum atomic E-state index is -0.974. The maximum Gasteiger partial charge on any atom is 0.326 e. The lowest BCUT2D eigenvalue weighted by Crippen LogP contribution is -2.42. The summed E-state index contributed by atoms with van der Waals surface area (Å²) in [6, 6.07) is 3.07. The van der Waals surface area contributed by atoms with Gasteiger partial charge < -0.3 is 10.4 Å². The first-order chi connectivity index (χ1) is 8.63. The summed E-state index contributed by atoms with van der Waals surface area (Å²) in [5, 5.41) is 13.5. The molecule has 0 fully saturated rings. The highest BCUT2D eigenvalue weighted by molar-refractivity contribution is 8.01. The second-order valence-electron chi connectivity index (χ2n) is 3.46. The molecule has 100 valence electrons. The SMILES string of the molecule is CSCCC(NC(=O)CSc1cccs1)C(=O)O. The Labute approximate surface area is 119 Å². The van der Waals surface area contributed by atoms with Gasteiger partial charge in [-0.2, -0.15) is 11.8 Å². The smallest absolute Gasteiger partial charge is 0.326 e. The van der Waals surface area contributed by atoms with Crippen molar-refractivity contribution < 1.29 is 14.7 Å². The molecule has 18 heavy (non-hydrogen) atoms. The molecule has 1 unspecified atom stereocenters. The fourth-order valence-corrected chi connectivity index (χ4v) is 3.28. The Morgan fingerprint density at radius 2 is 2.33 bits per heavy atom. The van der Waals surface area contributed by atoms with E-state index in [1.807, 2.05) is 23.8 Å². The summed E-state index contributed by atoms with van der Waals surface area (Å²) < 4.78 is 1.06. The first kappa shape index (κ1) is 15.4. The number of hydrogen-bond acceptors (Lipinski definition) is 5. The number of carbonyl (C=O) groups is 2. The van der Waals surface area contributed by atoms with Crippen LogP contribution in [0.2, 0.25) is 0 Å². The van der Waals surface area contributed by atoms with Crippen molar-refractivity contribution in [3.8, 4) is 0 Å². The van der Waals surface area contributed by atoms with Gasteiger partial charge in [-0.25, -0.2) is 4.79 Å². The third-order valence-electron chi connectivity index (χ3n) is 2.08. The van der Waals surface area contributed by atoms with E-state index in [0.717, 1.165) is 9.96 Å². The van der Waals surface area contributed by atoms with Crippen LogP contribution in [-0.2, 0) is 9.59 Å².